The van der Waals surface area contributed by atoms with Gasteiger partial charge in [-0.25, -0.2) is 4.79 Å². The molecule has 0 aliphatic carbocycles. The van der Waals surface area contributed by atoms with Crippen LogP contribution < -0.4 is 0 Å². The van der Waals surface area contributed by atoms with Crippen LogP contribution in [0.25, 0.3) is 0 Å². The normalized spacial score (nSPS) is 17.3. The Bertz CT molecular complexity index is 293. The summed E-state index contributed by atoms with van der Waals surface area (Å²) >= 11 is 0. The highest BCUT2D eigenvalue weighted by Crippen LogP contribution is 2.18. The van der Waals surface area contributed by atoms with E-state index in [4.69, 9.17) is 4.74 Å². The Kier molecular flexibility index (Phi) is 7.33. The van der Waals surface area contributed by atoms with Gasteiger partial charge in [-0.2, -0.15) is 13.2 Å². The van der Waals surface area contributed by atoms with E-state index in [0.29, 0.717) is 0 Å². The molecule has 1 amide bonds. The SMILES string of the molecule is CC.CC(C)(C)OC(=O)N1CCN(CC(F)(F)F)CC1. The Morgan fingerprint density at radius 2 is 1.50 bits per heavy atom. The summed E-state index contributed by atoms with van der Waals surface area (Å²) in [6, 6.07) is 0. The quantitative estimate of drug-likeness (QED) is 0.745. The van der Waals surface area contributed by atoms with Gasteiger partial charge in [-0.15, -0.1) is 0 Å². The monoisotopic (exact) mass is 298 g/mol. The third kappa shape index (κ3) is 8.24. The predicted molar refractivity (Wildman–Crippen MR) is 71.7 cm³/mol. The molecule has 1 fully saturated rings. The molecule has 20 heavy (non-hydrogen) atoms. The van der Waals surface area contributed by atoms with E-state index in [9.17, 15) is 18.0 Å². The van der Waals surface area contributed by atoms with Crippen LogP contribution in [0.4, 0.5) is 18.0 Å². The van der Waals surface area contributed by atoms with Crippen LogP contribution in [0.15, 0.2) is 0 Å². The lowest BCUT2D eigenvalue weighted by Gasteiger charge is -2.35. The summed E-state index contributed by atoms with van der Waals surface area (Å²) < 4.78 is 41.7. The number of nitrogens with zero attached hydrogens (tertiary/aromatic N) is 2. The van der Waals surface area contributed by atoms with Crippen molar-refractivity contribution in [1.29, 1.82) is 0 Å². The second-order valence-electron chi connectivity index (χ2n) is 5.36. The van der Waals surface area contributed by atoms with Gasteiger partial charge >= 0.3 is 12.3 Å². The molecule has 0 atom stereocenters. The number of alkyl halides is 3. The van der Waals surface area contributed by atoms with Gasteiger partial charge in [0, 0.05) is 26.2 Å². The van der Waals surface area contributed by atoms with Crippen molar-refractivity contribution in [3.63, 3.8) is 0 Å². The highest BCUT2D eigenvalue weighted by atomic mass is 19.4. The predicted octanol–water partition coefficient (Wildman–Crippen LogP) is 3.13. The number of ether oxygens (including phenoxy) is 1. The van der Waals surface area contributed by atoms with E-state index in [2.05, 4.69) is 0 Å². The highest BCUT2D eigenvalue weighted by molar-refractivity contribution is 5.68. The molecule has 1 aliphatic rings. The van der Waals surface area contributed by atoms with Crippen molar-refractivity contribution in [2.45, 2.75) is 46.4 Å². The maximum atomic E-state index is 12.2. The largest absolute Gasteiger partial charge is 0.444 e. The van der Waals surface area contributed by atoms with Crippen LogP contribution in [0.5, 0.6) is 0 Å². The minimum Gasteiger partial charge on any atom is -0.444 e. The van der Waals surface area contributed by atoms with Crippen LogP contribution in [-0.2, 0) is 4.74 Å². The minimum atomic E-state index is -4.19. The molecule has 0 aromatic carbocycles. The van der Waals surface area contributed by atoms with Crippen molar-refractivity contribution < 1.29 is 22.7 Å². The van der Waals surface area contributed by atoms with Gasteiger partial charge in [0.15, 0.2) is 0 Å². The molecule has 1 heterocycles. The summed E-state index contributed by atoms with van der Waals surface area (Å²) in [5.41, 5.74) is -0.583. The molecule has 1 aliphatic heterocycles. The summed E-state index contributed by atoms with van der Waals surface area (Å²) in [7, 11) is 0. The second-order valence-corrected chi connectivity index (χ2v) is 5.36. The fourth-order valence-electron chi connectivity index (χ4n) is 1.67. The Morgan fingerprint density at radius 3 is 1.85 bits per heavy atom. The first-order chi connectivity index (χ1) is 9.07. The molecular weight excluding hydrogens is 273 g/mol. The molecule has 4 nitrogen and oxygen atoms in total. The van der Waals surface area contributed by atoms with Crippen molar-refractivity contribution >= 4 is 6.09 Å². The first kappa shape index (κ1) is 19.0. The molecule has 0 radical (unpaired) electrons. The molecule has 0 N–H and O–H groups in total. The minimum absolute atomic E-state index is 0.221. The molecule has 120 valence electrons. The Morgan fingerprint density at radius 1 is 1.05 bits per heavy atom. The van der Waals surface area contributed by atoms with Crippen molar-refractivity contribution in [3.05, 3.63) is 0 Å². The Labute approximate surface area is 118 Å². The molecule has 7 heteroatoms. The lowest BCUT2D eigenvalue weighted by Crippen LogP contribution is -2.51. The summed E-state index contributed by atoms with van der Waals surface area (Å²) in [4.78, 5) is 14.4. The fraction of sp³-hybridized carbons (Fsp3) is 0.923. The van der Waals surface area contributed by atoms with E-state index in [-0.39, 0.29) is 26.2 Å². The zero-order valence-electron chi connectivity index (χ0n) is 12.9. The van der Waals surface area contributed by atoms with Crippen LogP contribution in [-0.4, -0.2) is 60.4 Å². The molecule has 0 saturated carbocycles. The van der Waals surface area contributed by atoms with Gasteiger partial charge in [0.2, 0.25) is 0 Å². The molecule has 0 spiro atoms. The van der Waals surface area contributed by atoms with Gasteiger partial charge in [-0.3, -0.25) is 4.90 Å². The van der Waals surface area contributed by atoms with E-state index in [1.54, 1.807) is 20.8 Å². The number of hydrogen-bond acceptors (Lipinski definition) is 3. The molecular formula is C13H25F3N2O2. The van der Waals surface area contributed by atoms with Crippen LogP contribution in [0, 0.1) is 0 Å². The number of amides is 1. The molecule has 1 saturated heterocycles. The van der Waals surface area contributed by atoms with E-state index < -0.39 is 24.4 Å². The van der Waals surface area contributed by atoms with Gasteiger partial charge in [0.1, 0.15) is 5.60 Å². The average molecular weight is 298 g/mol. The standard InChI is InChI=1S/C11H19F3N2O2.C2H6/c1-10(2,3)18-9(17)16-6-4-15(5-7-16)8-11(12,13)14;1-2/h4-8H2,1-3H3;1-2H3. The highest BCUT2D eigenvalue weighted by Gasteiger charge is 2.33. The third-order valence-electron chi connectivity index (χ3n) is 2.43. The average Bonchev–Trinajstić information content (AvgIpc) is 2.28. The summed E-state index contributed by atoms with van der Waals surface area (Å²) in [6.07, 6.45) is -4.65. The molecule has 0 unspecified atom stereocenters. The third-order valence-corrected chi connectivity index (χ3v) is 2.43. The summed E-state index contributed by atoms with van der Waals surface area (Å²) in [6.45, 7) is 9.32. The van der Waals surface area contributed by atoms with Gasteiger partial charge in [0.05, 0.1) is 6.54 Å². The number of rotatable bonds is 1. The Balaban J connectivity index is 0.00000172. The van der Waals surface area contributed by atoms with Gasteiger partial charge in [0.25, 0.3) is 0 Å². The zero-order valence-corrected chi connectivity index (χ0v) is 12.9. The zero-order chi connectivity index (χ0) is 16.0. The van der Waals surface area contributed by atoms with Gasteiger partial charge in [-0.05, 0) is 20.8 Å². The van der Waals surface area contributed by atoms with Gasteiger partial charge < -0.3 is 9.64 Å². The molecule has 1 rings (SSSR count). The van der Waals surface area contributed by atoms with Crippen molar-refractivity contribution in [3.8, 4) is 0 Å². The van der Waals surface area contributed by atoms with Gasteiger partial charge in [-0.1, -0.05) is 13.8 Å². The number of hydrogen-bond donors (Lipinski definition) is 0. The Hall–Kier alpha value is -0.980. The van der Waals surface area contributed by atoms with E-state index in [1.165, 1.54) is 9.80 Å². The first-order valence-corrected chi connectivity index (χ1v) is 6.84. The van der Waals surface area contributed by atoms with Crippen molar-refractivity contribution in [1.82, 2.24) is 9.80 Å². The number of carbonyl (C=O) groups is 1. The van der Waals surface area contributed by atoms with Crippen molar-refractivity contribution in [2.75, 3.05) is 32.7 Å². The number of halogens is 3. The van der Waals surface area contributed by atoms with Crippen LogP contribution >= 0.6 is 0 Å². The van der Waals surface area contributed by atoms with E-state index in [1.807, 2.05) is 13.8 Å². The smallest absolute Gasteiger partial charge is 0.410 e. The first-order valence-electron chi connectivity index (χ1n) is 6.84. The van der Waals surface area contributed by atoms with Crippen LogP contribution in [0.1, 0.15) is 34.6 Å². The molecule has 0 bridgehead atoms. The fourth-order valence-corrected chi connectivity index (χ4v) is 1.67. The second kappa shape index (κ2) is 7.71. The van der Waals surface area contributed by atoms with Crippen LogP contribution in [0.2, 0.25) is 0 Å². The topological polar surface area (TPSA) is 32.8 Å². The van der Waals surface area contributed by atoms with Crippen LogP contribution in [0.3, 0.4) is 0 Å². The summed E-state index contributed by atoms with van der Waals surface area (Å²) in [5.74, 6) is 0. The lowest BCUT2D eigenvalue weighted by atomic mass is 10.2. The molecule has 0 aromatic rings. The maximum Gasteiger partial charge on any atom is 0.410 e. The molecule has 0 aromatic heterocycles. The maximum absolute atomic E-state index is 12.2. The lowest BCUT2D eigenvalue weighted by molar-refractivity contribution is -0.148. The summed E-state index contributed by atoms with van der Waals surface area (Å²) in [5, 5.41) is 0. The van der Waals surface area contributed by atoms with E-state index in [0.717, 1.165) is 0 Å². The number of carbonyl (C=O) groups excluding carboxylic acids is 1. The van der Waals surface area contributed by atoms with E-state index >= 15 is 0 Å². The number of piperazine rings is 1. The van der Waals surface area contributed by atoms with Crippen molar-refractivity contribution in [2.24, 2.45) is 0 Å².